The molecule has 2 rings (SSSR count). The van der Waals surface area contributed by atoms with Gasteiger partial charge < -0.3 is 9.47 Å². The predicted octanol–water partition coefficient (Wildman–Crippen LogP) is 2.90. The van der Waals surface area contributed by atoms with Crippen molar-refractivity contribution in [3.05, 3.63) is 42.0 Å². The Morgan fingerprint density at radius 3 is 2.21 bits per heavy atom. The van der Waals surface area contributed by atoms with Crippen LogP contribution in [0.15, 0.2) is 42.0 Å². The molecule has 130 valence electrons. The maximum absolute atomic E-state index is 12.1. The van der Waals surface area contributed by atoms with Crippen molar-refractivity contribution in [2.24, 2.45) is 11.8 Å². The van der Waals surface area contributed by atoms with Crippen LogP contribution in [0.25, 0.3) is 0 Å². The minimum absolute atomic E-state index is 0.324. The summed E-state index contributed by atoms with van der Waals surface area (Å²) in [5.41, 5.74) is 1.26. The number of methoxy groups -OCH3 is 2. The highest BCUT2D eigenvalue weighted by Gasteiger charge is 2.39. The number of rotatable bonds is 5. The van der Waals surface area contributed by atoms with E-state index in [1.807, 2.05) is 6.07 Å². The molecule has 0 heterocycles. The first-order chi connectivity index (χ1) is 11.4. The van der Waals surface area contributed by atoms with Crippen LogP contribution in [0, 0.1) is 11.8 Å². The van der Waals surface area contributed by atoms with Gasteiger partial charge in [0.15, 0.2) is 0 Å². The van der Waals surface area contributed by atoms with Gasteiger partial charge in [-0.05, 0) is 18.9 Å². The molecule has 0 unspecified atom stereocenters. The molecule has 1 aliphatic carbocycles. The summed E-state index contributed by atoms with van der Waals surface area (Å²) in [4.78, 5) is 24.1. The van der Waals surface area contributed by atoms with Crippen LogP contribution in [-0.4, -0.2) is 34.2 Å². The largest absolute Gasteiger partial charge is 0.469 e. The van der Waals surface area contributed by atoms with E-state index in [1.54, 1.807) is 0 Å². The number of ether oxygens (including phenoxy) is 2. The first kappa shape index (κ1) is 18.5. The summed E-state index contributed by atoms with van der Waals surface area (Å²) in [7, 11) is 1.10. The summed E-state index contributed by atoms with van der Waals surface area (Å²) in [5, 5.41) is 1.40. The zero-order valence-electron chi connectivity index (χ0n) is 14.9. The van der Waals surface area contributed by atoms with Crippen LogP contribution in [0.1, 0.15) is 12.8 Å². The second kappa shape index (κ2) is 7.79. The third-order valence-electron chi connectivity index (χ3n) is 4.86. The van der Waals surface area contributed by atoms with Gasteiger partial charge in [0.25, 0.3) is 0 Å². The van der Waals surface area contributed by atoms with E-state index in [1.165, 1.54) is 25.0 Å². The SMILES string of the molecule is COC(=O)[C@H]1CC=C(C[Si](C)(C)c2ccccc2)C[C@@H]1C(=O)OC. The van der Waals surface area contributed by atoms with E-state index in [0.717, 1.165) is 6.04 Å². The van der Waals surface area contributed by atoms with Gasteiger partial charge in [-0.2, -0.15) is 0 Å². The summed E-state index contributed by atoms with van der Waals surface area (Å²) < 4.78 is 9.77. The topological polar surface area (TPSA) is 52.6 Å². The maximum Gasteiger partial charge on any atom is 0.309 e. The molecule has 0 radical (unpaired) electrons. The number of esters is 2. The number of hydrogen-bond donors (Lipinski definition) is 0. The molecule has 24 heavy (non-hydrogen) atoms. The first-order valence-electron chi connectivity index (χ1n) is 8.28. The number of carbonyl (C=O) groups is 2. The number of carbonyl (C=O) groups excluding carboxylic acids is 2. The van der Waals surface area contributed by atoms with E-state index < -0.39 is 19.9 Å². The van der Waals surface area contributed by atoms with E-state index in [0.29, 0.717) is 12.8 Å². The van der Waals surface area contributed by atoms with Crippen molar-refractivity contribution >= 4 is 25.2 Å². The smallest absolute Gasteiger partial charge is 0.309 e. The van der Waals surface area contributed by atoms with E-state index in [2.05, 4.69) is 43.4 Å². The molecule has 0 N–H and O–H groups in total. The van der Waals surface area contributed by atoms with Gasteiger partial charge >= 0.3 is 11.9 Å². The van der Waals surface area contributed by atoms with Crippen LogP contribution in [0.2, 0.25) is 19.1 Å². The molecule has 1 aromatic rings. The summed E-state index contributed by atoms with van der Waals surface area (Å²) in [6, 6.07) is 11.5. The molecule has 0 bridgehead atoms. The van der Waals surface area contributed by atoms with Gasteiger partial charge in [-0.1, -0.05) is 60.3 Å². The Morgan fingerprint density at radius 2 is 1.62 bits per heavy atom. The van der Waals surface area contributed by atoms with Crippen LogP contribution in [-0.2, 0) is 19.1 Å². The van der Waals surface area contributed by atoms with Crippen LogP contribution in [0.4, 0.5) is 0 Å². The monoisotopic (exact) mass is 346 g/mol. The lowest BCUT2D eigenvalue weighted by atomic mass is 9.80. The molecule has 0 fully saturated rings. The van der Waals surface area contributed by atoms with Crippen LogP contribution < -0.4 is 5.19 Å². The Balaban J connectivity index is 2.18. The molecule has 1 aromatic carbocycles. The molecule has 0 spiro atoms. The minimum Gasteiger partial charge on any atom is -0.469 e. The molecule has 2 atom stereocenters. The lowest BCUT2D eigenvalue weighted by molar-refractivity contribution is -0.157. The van der Waals surface area contributed by atoms with Gasteiger partial charge in [-0.25, -0.2) is 0 Å². The first-order valence-corrected chi connectivity index (χ1v) is 11.5. The number of benzene rings is 1. The van der Waals surface area contributed by atoms with Crippen LogP contribution >= 0.6 is 0 Å². The van der Waals surface area contributed by atoms with Gasteiger partial charge in [0, 0.05) is 0 Å². The van der Waals surface area contributed by atoms with Gasteiger partial charge in [-0.15, -0.1) is 0 Å². The second-order valence-corrected chi connectivity index (χ2v) is 11.7. The zero-order valence-corrected chi connectivity index (χ0v) is 15.9. The molecule has 4 nitrogen and oxygen atoms in total. The third kappa shape index (κ3) is 4.14. The van der Waals surface area contributed by atoms with Gasteiger partial charge in [0.2, 0.25) is 0 Å². The van der Waals surface area contributed by atoms with Crippen molar-refractivity contribution in [3.63, 3.8) is 0 Å². The van der Waals surface area contributed by atoms with E-state index in [-0.39, 0.29) is 11.9 Å². The maximum atomic E-state index is 12.1. The number of allylic oxidation sites excluding steroid dienone is 2. The average molecular weight is 346 g/mol. The fourth-order valence-electron chi connectivity index (χ4n) is 3.48. The quantitative estimate of drug-likeness (QED) is 0.467. The summed E-state index contributed by atoms with van der Waals surface area (Å²) >= 11 is 0. The molecule has 0 aromatic heterocycles. The molecular formula is C19H26O4Si. The van der Waals surface area contributed by atoms with Crippen LogP contribution in [0.3, 0.4) is 0 Å². The van der Waals surface area contributed by atoms with Gasteiger partial charge in [-0.3, -0.25) is 9.59 Å². The van der Waals surface area contributed by atoms with E-state index >= 15 is 0 Å². The Kier molecular flexibility index (Phi) is 5.99. The Bertz CT molecular complexity index is 622. The molecule has 5 heteroatoms. The molecule has 0 amide bonds. The summed E-state index contributed by atoms with van der Waals surface area (Å²) in [6.07, 6.45) is 3.25. The molecule has 0 saturated heterocycles. The summed E-state index contributed by atoms with van der Waals surface area (Å²) in [5.74, 6) is -1.54. The lowest BCUT2D eigenvalue weighted by Gasteiger charge is -2.31. The second-order valence-electron chi connectivity index (χ2n) is 6.99. The normalized spacial score (nSPS) is 20.9. The standard InChI is InChI=1S/C19H26O4Si/c1-22-18(20)16-11-10-14(12-17(16)19(21)23-2)13-24(3,4)15-8-6-5-7-9-15/h5-10,16-17H,11-13H2,1-4H3/t16-,17-/m0/s1. The van der Waals surface area contributed by atoms with Crippen molar-refractivity contribution in [1.29, 1.82) is 0 Å². The Morgan fingerprint density at radius 1 is 1.04 bits per heavy atom. The number of hydrogen-bond acceptors (Lipinski definition) is 4. The molecule has 0 saturated carbocycles. The van der Waals surface area contributed by atoms with Crippen molar-refractivity contribution in [2.45, 2.75) is 32.0 Å². The zero-order chi connectivity index (χ0) is 17.7. The van der Waals surface area contributed by atoms with Crippen molar-refractivity contribution in [3.8, 4) is 0 Å². The highest BCUT2D eigenvalue weighted by atomic mass is 28.3. The third-order valence-corrected chi connectivity index (χ3v) is 8.09. The Labute approximate surface area is 144 Å². The lowest BCUT2D eigenvalue weighted by Crippen LogP contribution is -2.42. The van der Waals surface area contributed by atoms with Crippen molar-refractivity contribution < 1.29 is 19.1 Å². The summed E-state index contributed by atoms with van der Waals surface area (Å²) in [6.45, 7) is 4.67. The van der Waals surface area contributed by atoms with Gasteiger partial charge in [0.05, 0.1) is 34.1 Å². The highest BCUT2D eigenvalue weighted by Crippen LogP contribution is 2.35. The fraction of sp³-hybridized carbons (Fsp3) is 0.474. The molecule has 0 aliphatic heterocycles. The van der Waals surface area contributed by atoms with E-state index in [9.17, 15) is 9.59 Å². The Hall–Kier alpha value is -1.88. The van der Waals surface area contributed by atoms with Crippen LogP contribution in [0.5, 0.6) is 0 Å². The molecular weight excluding hydrogens is 320 g/mol. The van der Waals surface area contributed by atoms with E-state index in [4.69, 9.17) is 9.47 Å². The fourth-order valence-corrected chi connectivity index (χ4v) is 6.20. The average Bonchev–Trinajstić information content (AvgIpc) is 2.60. The highest BCUT2D eigenvalue weighted by molar-refractivity contribution is 6.90. The predicted molar refractivity (Wildman–Crippen MR) is 96.7 cm³/mol. The van der Waals surface area contributed by atoms with Crippen molar-refractivity contribution in [2.75, 3.05) is 14.2 Å². The minimum atomic E-state index is -1.64. The van der Waals surface area contributed by atoms with Gasteiger partial charge in [0.1, 0.15) is 0 Å². The molecule has 1 aliphatic rings. The van der Waals surface area contributed by atoms with Crippen molar-refractivity contribution in [1.82, 2.24) is 0 Å².